The largest absolute Gasteiger partial charge is 0.380 e. The summed E-state index contributed by atoms with van der Waals surface area (Å²) in [4.78, 5) is 13.9. The van der Waals surface area contributed by atoms with Crippen LogP contribution in [0.1, 0.15) is 24.2 Å². The van der Waals surface area contributed by atoms with Crippen molar-refractivity contribution in [2.45, 2.75) is 39.3 Å². The molecule has 0 aromatic carbocycles. The molecule has 1 amide bonds. The number of rotatable bonds is 4. The van der Waals surface area contributed by atoms with Crippen LogP contribution in [0.5, 0.6) is 0 Å². The fraction of sp³-hybridized carbons (Fsp3) is 0.692. The van der Waals surface area contributed by atoms with E-state index in [1.54, 1.807) is 7.11 Å². The highest BCUT2D eigenvalue weighted by Crippen LogP contribution is 2.13. The molecule has 0 saturated carbocycles. The minimum Gasteiger partial charge on any atom is -0.380 e. The molecule has 1 aromatic rings. The summed E-state index contributed by atoms with van der Waals surface area (Å²) in [7, 11) is 1.70. The van der Waals surface area contributed by atoms with Crippen molar-refractivity contribution in [3.8, 4) is 0 Å². The molecule has 0 unspecified atom stereocenters. The SMILES string of the molecule is CO[C@@H]1CCN(C(=O)CCn2nc(C)cc2C)C1. The fourth-order valence-corrected chi connectivity index (χ4v) is 2.41. The highest BCUT2D eigenvalue weighted by molar-refractivity contribution is 5.76. The van der Waals surface area contributed by atoms with Crippen LogP contribution in [0, 0.1) is 13.8 Å². The Morgan fingerprint density at radius 1 is 1.56 bits per heavy atom. The van der Waals surface area contributed by atoms with E-state index < -0.39 is 0 Å². The van der Waals surface area contributed by atoms with Gasteiger partial charge >= 0.3 is 0 Å². The average molecular weight is 251 g/mol. The normalized spacial score (nSPS) is 19.5. The summed E-state index contributed by atoms with van der Waals surface area (Å²) >= 11 is 0. The Morgan fingerprint density at radius 3 is 2.89 bits per heavy atom. The van der Waals surface area contributed by atoms with Gasteiger partial charge in [0.05, 0.1) is 11.8 Å². The second kappa shape index (κ2) is 5.52. The molecule has 0 N–H and O–H groups in total. The lowest BCUT2D eigenvalue weighted by molar-refractivity contribution is -0.130. The third kappa shape index (κ3) is 2.90. The maximum Gasteiger partial charge on any atom is 0.224 e. The Kier molecular flexibility index (Phi) is 4.01. The zero-order valence-electron chi connectivity index (χ0n) is 11.3. The lowest BCUT2D eigenvalue weighted by atomic mass is 10.3. The molecule has 1 fully saturated rings. The third-order valence-electron chi connectivity index (χ3n) is 3.47. The van der Waals surface area contributed by atoms with Gasteiger partial charge in [0.15, 0.2) is 0 Å². The first kappa shape index (κ1) is 13.1. The van der Waals surface area contributed by atoms with Gasteiger partial charge in [-0.1, -0.05) is 0 Å². The molecule has 18 heavy (non-hydrogen) atoms. The Morgan fingerprint density at radius 2 is 2.33 bits per heavy atom. The molecular formula is C13H21N3O2. The van der Waals surface area contributed by atoms with E-state index in [9.17, 15) is 4.79 Å². The summed E-state index contributed by atoms with van der Waals surface area (Å²) < 4.78 is 7.17. The molecule has 1 aromatic heterocycles. The maximum absolute atomic E-state index is 12.0. The Balaban J connectivity index is 1.84. The average Bonchev–Trinajstić information content (AvgIpc) is 2.93. The van der Waals surface area contributed by atoms with Crippen molar-refractivity contribution in [3.05, 3.63) is 17.5 Å². The van der Waals surface area contributed by atoms with Crippen LogP contribution >= 0.6 is 0 Å². The van der Waals surface area contributed by atoms with Gasteiger partial charge in [0.1, 0.15) is 0 Å². The van der Waals surface area contributed by atoms with Gasteiger partial charge in [-0.25, -0.2) is 0 Å². The number of hydrogen-bond acceptors (Lipinski definition) is 3. The first-order valence-corrected chi connectivity index (χ1v) is 6.41. The predicted octanol–water partition coefficient (Wildman–Crippen LogP) is 1.14. The van der Waals surface area contributed by atoms with E-state index in [1.165, 1.54) is 0 Å². The third-order valence-corrected chi connectivity index (χ3v) is 3.47. The molecule has 2 rings (SSSR count). The number of carbonyl (C=O) groups excluding carboxylic acids is 1. The molecule has 1 atom stereocenters. The molecule has 0 spiro atoms. The standard InChI is InChI=1S/C13H21N3O2/c1-10-8-11(2)16(14-10)7-5-13(17)15-6-4-12(9-15)18-3/h8,12H,4-7,9H2,1-3H3/t12-/m1/s1. The number of likely N-dealkylation sites (tertiary alicyclic amines) is 1. The van der Waals surface area contributed by atoms with E-state index in [0.29, 0.717) is 13.0 Å². The van der Waals surface area contributed by atoms with Crippen LogP contribution in [-0.4, -0.2) is 46.9 Å². The van der Waals surface area contributed by atoms with Crippen molar-refractivity contribution in [1.29, 1.82) is 0 Å². The van der Waals surface area contributed by atoms with Crippen LogP contribution in [0.25, 0.3) is 0 Å². The van der Waals surface area contributed by atoms with Gasteiger partial charge in [0.2, 0.25) is 5.91 Å². The Bertz CT molecular complexity index is 428. The Hall–Kier alpha value is -1.36. The predicted molar refractivity (Wildman–Crippen MR) is 68.3 cm³/mol. The van der Waals surface area contributed by atoms with E-state index in [2.05, 4.69) is 5.10 Å². The molecule has 5 nitrogen and oxygen atoms in total. The van der Waals surface area contributed by atoms with Crippen molar-refractivity contribution in [2.24, 2.45) is 0 Å². The minimum absolute atomic E-state index is 0.196. The molecule has 1 aliphatic rings. The first-order valence-electron chi connectivity index (χ1n) is 6.41. The number of nitrogens with zero attached hydrogens (tertiary/aromatic N) is 3. The number of aryl methyl sites for hydroxylation is 3. The molecule has 0 bridgehead atoms. The molecule has 100 valence electrons. The summed E-state index contributed by atoms with van der Waals surface area (Å²) in [6.07, 6.45) is 1.67. The monoisotopic (exact) mass is 251 g/mol. The molecule has 1 saturated heterocycles. The molecule has 0 radical (unpaired) electrons. The van der Waals surface area contributed by atoms with Crippen LogP contribution in [0.2, 0.25) is 0 Å². The quantitative estimate of drug-likeness (QED) is 0.806. The topological polar surface area (TPSA) is 47.4 Å². The number of aromatic nitrogens is 2. The summed E-state index contributed by atoms with van der Waals surface area (Å²) in [5.74, 6) is 0.196. The van der Waals surface area contributed by atoms with E-state index in [4.69, 9.17) is 4.74 Å². The van der Waals surface area contributed by atoms with Gasteiger partial charge in [-0.05, 0) is 26.3 Å². The lowest BCUT2D eigenvalue weighted by Crippen LogP contribution is -2.30. The maximum atomic E-state index is 12.0. The lowest BCUT2D eigenvalue weighted by Gasteiger charge is -2.16. The van der Waals surface area contributed by atoms with Gasteiger partial charge < -0.3 is 9.64 Å². The van der Waals surface area contributed by atoms with Crippen LogP contribution in [-0.2, 0) is 16.1 Å². The number of carbonyl (C=O) groups is 1. The van der Waals surface area contributed by atoms with Crippen LogP contribution in [0.15, 0.2) is 6.07 Å². The fourth-order valence-electron chi connectivity index (χ4n) is 2.41. The number of methoxy groups -OCH3 is 1. The molecule has 1 aliphatic heterocycles. The van der Waals surface area contributed by atoms with Gasteiger partial charge in [0.25, 0.3) is 0 Å². The first-order chi connectivity index (χ1) is 8.60. The number of amides is 1. The van der Waals surface area contributed by atoms with E-state index in [-0.39, 0.29) is 12.0 Å². The van der Waals surface area contributed by atoms with Gasteiger partial charge in [-0.15, -0.1) is 0 Å². The Labute approximate surface area is 108 Å². The highest BCUT2D eigenvalue weighted by Gasteiger charge is 2.25. The second-order valence-corrected chi connectivity index (χ2v) is 4.89. The minimum atomic E-state index is 0.196. The number of ether oxygens (including phenoxy) is 1. The van der Waals surface area contributed by atoms with Crippen LogP contribution < -0.4 is 0 Å². The summed E-state index contributed by atoms with van der Waals surface area (Å²) in [5, 5.41) is 4.36. The summed E-state index contributed by atoms with van der Waals surface area (Å²) in [6, 6.07) is 2.03. The van der Waals surface area contributed by atoms with Crippen LogP contribution in [0.3, 0.4) is 0 Å². The van der Waals surface area contributed by atoms with Crippen molar-refractivity contribution in [3.63, 3.8) is 0 Å². The van der Waals surface area contributed by atoms with E-state index in [1.807, 2.05) is 29.5 Å². The second-order valence-electron chi connectivity index (χ2n) is 4.89. The van der Waals surface area contributed by atoms with E-state index >= 15 is 0 Å². The van der Waals surface area contributed by atoms with Crippen LogP contribution in [0.4, 0.5) is 0 Å². The van der Waals surface area contributed by atoms with Crippen molar-refractivity contribution < 1.29 is 9.53 Å². The smallest absolute Gasteiger partial charge is 0.224 e. The highest BCUT2D eigenvalue weighted by atomic mass is 16.5. The van der Waals surface area contributed by atoms with Gasteiger partial charge in [-0.2, -0.15) is 5.10 Å². The zero-order chi connectivity index (χ0) is 13.1. The van der Waals surface area contributed by atoms with Crippen molar-refractivity contribution >= 4 is 5.91 Å². The van der Waals surface area contributed by atoms with Crippen molar-refractivity contribution in [2.75, 3.05) is 20.2 Å². The zero-order valence-corrected chi connectivity index (χ0v) is 11.3. The summed E-state index contributed by atoms with van der Waals surface area (Å²) in [6.45, 7) is 6.18. The van der Waals surface area contributed by atoms with Crippen molar-refractivity contribution in [1.82, 2.24) is 14.7 Å². The number of hydrogen-bond donors (Lipinski definition) is 0. The molecule has 0 aliphatic carbocycles. The summed E-state index contributed by atoms with van der Waals surface area (Å²) in [5.41, 5.74) is 2.11. The molecule has 5 heteroatoms. The molecule has 2 heterocycles. The van der Waals surface area contributed by atoms with Gasteiger partial charge in [-0.3, -0.25) is 9.48 Å². The molecular weight excluding hydrogens is 230 g/mol. The van der Waals surface area contributed by atoms with Gasteiger partial charge in [0, 0.05) is 38.9 Å². The van der Waals surface area contributed by atoms with E-state index in [0.717, 1.165) is 30.9 Å².